The van der Waals surface area contributed by atoms with Crippen molar-refractivity contribution in [3.63, 3.8) is 0 Å². The van der Waals surface area contributed by atoms with E-state index in [0.29, 0.717) is 13.2 Å². The fourth-order valence-corrected chi connectivity index (χ4v) is 1.15. The third kappa shape index (κ3) is 2.46. The van der Waals surface area contributed by atoms with Gasteiger partial charge in [-0.1, -0.05) is 0 Å². The zero-order valence-corrected chi connectivity index (χ0v) is 7.25. The van der Waals surface area contributed by atoms with Gasteiger partial charge >= 0.3 is 0 Å². The summed E-state index contributed by atoms with van der Waals surface area (Å²) in [4.78, 5) is 11.3. The molecule has 0 bridgehead atoms. The van der Waals surface area contributed by atoms with Crippen molar-refractivity contribution in [3.05, 3.63) is 0 Å². The van der Waals surface area contributed by atoms with Gasteiger partial charge in [-0.05, 0) is 13.3 Å². The van der Waals surface area contributed by atoms with Gasteiger partial charge in [-0.2, -0.15) is 0 Å². The van der Waals surface area contributed by atoms with Gasteiger partial charge in [-0.15, -0.1) is 0 Å². The first-order valence-electron chi connectivity index (χ1n) is 4.23. The van der Waals surface area contributed by atoms with Crippen LogP contribution in [0.5, 0.6) is 0 Å². The van der Waals surface area contributed by atoms with Crippen molar-refractivity contribution >= 4 is 5.91 Å². The number of ether oxygens (including phenoxy) is 1. The predicted octanol–water partition coefficient (Wildman–Crippen LogP) is -0.480. The Labute approximate surface area is 71.9 Å². The summed E-state index contributed by atoms with van der Waals surface area (Å²) in [6.07, 6.45) is 0.796. The van der Waals surface area contributed by atoms with E-state index in [4.69, 9.17) is 9.84 Å². The van der Waals surface area contributed by atoms with Crippen molar-refractivity contribution in [1.29, 1.82) is 0 Å². The average Bonchev–Trinajstić information content (AvgIpc) is 2.56. The summed E-state index contributed by atoms with van der Waals surface area (Å²) in [5.74, 6) is -0.0203. The number of hydrogen-bond acceptors (Lipinski definition) is 3. The van der Waals surface area contributed by atoms with Crippen molar-refractivity contribution in [2.24, 2.45) is 5.92 Å². The number of carbonyl (C=O) groups excluding carboxylic acids is 1. The molecule has 2 atom stereocenters. The minimum absolute atomic E-state index is 0.00551. The first kappa shape index (κ1) is 9.48. The Morgan fingerprint density at radius 2 is 2.58 bits per heavy atom. The number of nitrogens with one attached hydrogen (secondary N) is 1. The van der Waals surface area contributed by atoms with Crippen LogP contribution in [0.1, 0.15) is 13.3 Å². The number of rotatable bonds is 3. The highest BCUT2D eigenvalue weighted by molar-refractivity contribution is 5.79. The minimum atomic E-state index is -0.155. The van der Waals surface area contributed by atoms with Gasteiger partial charge in [0, 0.05) is 12.6 Å². The molecule has 0 saturated carbocycles. The Hall–Kier alpha value is -0.610. The number of carbonyl (C=O) groups is 1. The van der Waals surface area contributed by atoms with Gasteiger partial charge in [0.1, 0.15) is 0 Å². The van der Waals surface area contributed by atoms with Crippen LogP contribution in [0.25, 0.3) is 0 Å². The zero-order valence-electron chi connectivity index (χ0n) is 7.25. The van der Waals surface area contributed by atoms with Crippen molar-refractivity contribution in [2.75, 3.05) is 19.8 Å². The lowest BCUT2D eigenvalue weighted by Gasteiger charge is -2.13. The van der Waals surface area contributed by atoms with E-state index in [9.17, 15) is 4.79 Å². The van der Waals surface area contributed by atoms with Gasteiger partial charge in [0.25, 0.3) is 0 Å². The maximum atomic E-state index is 11.3. The van der Waals surface area contributed by atoms with Crippen LogP contribution in [0.3, 0.4) is 0 Å². The molecule has 1 aliphatic rings. The summed E-state index contributed by atoms with van der Waals surface area (Å²) in [6.45, 7) is 2.95. The summed E-state index contributed by atoms with van der Waals surface area (Å²) in [6, 6.07) is -0.155. The van der Waals surface area contributed by atoms with Crippen LogP contribution in [0.4, 0.5) is 0 Å². The van der Waals surface area contributed by atoms with E-state index in [1.165, 1.54) is 0 Å². The Bertz CT molecular complexity index is 154. The second-order valence-corrected chi connectivity index (χ2v) is 3.15. The lowest BCUT2D eigenvalue weighted by molar-refractivity contribution is -0.125. The molecule has 1 heterocycles. The molecule has 0 aromatic rings. The monoisotopic (exact) mass is 173 g/mol. The Balaban J connectivity index is 2.27. The molecule has 1 unspecified atom stereocenters. The molecule has 1 rings (SSSR count). The van der Waals surface area contributed by atoms with Crippen molar-refractivity contribution in [1.82, 2.24) is 5.32 Å². The molecule has 0 radical (unpaired) electrons. The first-order chi connectivity index (χ1) is 5.74. The minimum Gasteiger partial charge on any atom is -0.394 e. The van der Waals surface area contributed by atoms with Gasteiger partial charge in [-0.25, -0.2) is 0 Å². The third-order valence-electron chi connectivity index (χ3n) is 1.96. The van der Waals surface area contributed by atoms with Gasteiger partial charge in [0.05, 0.1) is 19.1 Å². The van der Waals surface area contributed by atoms with Crippen molar-refractivity contribution in [3.8, 4) is 0 Å². The predicted molar refractivity (Wildman–Crippen MR) is 43.6 cm³/mol. The number of aliphatic hydroxyl groups is 1. The normalized spacial score (nSPS) is 25.3. The van der Waals surface area contributed by atoms with E-state index in [1.807, 2.05) is 0 Å². The molecule has 0 aromatic carbocycles. The Morgan fingerprint density at radius 3 is 3.08 bits per heavy atom. The molecular weight excluding hydrogens is 158 g/mol. The molecule has 1 fully saturated rings. The summed E-state index contributed by atoms with van der Waals surface area (Å²) in [7, 11) is 0. The van der Waals surface area contributed by atoms with Gasteiger partial charge in [-0.3, -0.25) is 4.79 Å². The van der Waals surface area contributed by atoms with Crippen LogP contribution in [0, 0.1) is 5.92 Å². The Morgan fingerprint density at radius 1 is 1.83 bits per heavy atom. The molecule has 4 nitrogen and oxygen atoms in total. The summed E-state index contributed by atoms with van der Waals surface area (Å²) in [5.41, 5.74) is 0. The van der Waals surface area contributed by atoms with Gasteiger partial charge < -0.3 is 15.2 Å². The molecule has 12 heavy (non-hydrogen) atoms. The topological polar surface area (TPSA) is 58.6 Å². The zero-order chi connectivity index (χ0) is 8.97. The molecule has 1 amide bonds. The molecule has 1 aliphatic heterocycles. The molecular formula is C8H15NO3. The van der Waals surface area contributed by atoms with Crippen LogP contribution in [-0.4, -0.2) is 36.9 Å². The maximum Gasteiger partial charge on any atom is 0.225 e. The highest BCUT2D eigenvalue weighted by Crippen LogP contribution is 2.11. The highest BCUT2D eigenvalue weighted by atomic mass is 16.5. The lowest BCUT2D eigenvalue weighted by atomic mass is 10.1. The quantitative estimate of drug-likeness (QED) is 0.606. The van der Waals surface area contributed by atoms with E-state index < -0.39 is 0 Å². The standard InChI is InChI=1S/C8H15NO3/c1-6(4-10)9-8(11)7-2-3-12-5-7/h6-7,10H,2-5H2,1H3,(H,9,11)/t6-,7?/m0/s1. The van der Waals surface area contributed by atoms with E-state index in [1.54, 1.807) is 6.92 Å². The number of hydrogen-bond donors (Lipinski definition) is 2. The fourth-order valence-electron chi connectivity index (χ4n) is 1.15. The second kappa shape index (κ2) is 4.42. The average molecular weight is 173 g/mol. The van der Waals surface area contributed by atoms with Crippen molar-refractivity contribution < 1.29 is 14.6 Å². The summed E-state index contributed by atoms with van der Waals surface area (Å²) >= 11 is 0. The second-order valence-electron chi connectivity index (χ2n) is 3.15. The van der Waals surface area contributed by atoms with E-state index >= 15 is 0 Å². The number of amides is 1. The van der Waals surface area contributed by atoms with E-state index in [-0.39, 0.29) is 24.5 Å². The van der Waals surface area contributed by atoms with Crippen LogP contribution in [-0.2, 0) is 9.53 Å². The Kier molecular flexibility index (Phi) is 3.49. The first-order valence-corrected chi connectivity index (χ1v) is 4.23. The largest absolute Gasteiger partial charge is 0.394 e. The van der Waals surface area contributed by atoms with Crippen molar-refractivity contribution in [2.45, 2.75) is 19.4 Å². The molecule has 1 saturated heterocycles. The molecule has 4 heteroatoms. The maximum absolute atomic E-state index is 11.3. The fraction of sp³-hybridized carbons (Fsp3) is 0.875. The van der Waals surface area contributed by atoms with E-state index in [2.05, 4.69) is 5.32 Å². The lowest BCUT2D eigenvalue weighted by Crippen LogP contribution is -2.39. The van der Waals surface area contributed by atoms with Crippen LogP contribution in [0.15, 0.2) is 0 Å². The SMILES string of the molecule is C[C@@H](CO)NC(=O)C1CCOC1. The van der Waals surface area contributed by atoms with Gasteiger partial charge in [0.2, 0.25) is 5.91 Å². The van der Waals surface area contributed by atoms with E-state index in [0.717, 1.165) is 6.42 Å². The van der Waals surface area contributed by atoms with Crippen LogP contribution < -0.4 is 5.32 Å². The number of aliphatic hydroxyl groups excluding tert-OH is 1. The molecule has 0 aliphatic carbocycles. The highest BCUT2D eigenvalue weighted by Gasteiger charge is 2.23. The van der Waals surface area contributed by atoms with Crippen LogP contribution >= 0.6 is 0 Å². The summed E-state index contributed by atoms with van der Waals surface area (Å²) in [5, 5.41) is 11.4. The van der Waals surface area contributed by atoms with Gasteiger partial charge in [0.15, 0.2) is 0 Å². The molecule has 0 spiro atoms. The molecule has 70 valence electrons. The smallest absolute Gasteiger partial charge is 0.225 e. The molecule has 2 N–H and O–H groups in total. The van der Waals surface area contributed by atoms with Crippen LogP contribution in [0.2, 0.25) is 0 Å². The molecule has 0 aromatic heterocycles. The third-order valence-corrected chi connectivity index (χ3v) is 1.96. The summed E-state index contributed by atoms with van der Waals surface area (Å²) < 4.78 is 5.07.